The SMILES string of the molecule is CCC(C)[C@H](NC(=O)c1cccc(C)c1O)C(=O)O. The Bertz CT molecular complexity index is 484. The van der Waals surface area contributed by atoms with Gasteiger partial charge in [0.15, 0.2) is 0 Å². The molecule has 5 nitrogen and oxygen atoms in total. The molecule has 0 fully saturated rings. The summed E-state index contributed by atoms with van der Waals surface area (Å²) in [5.41, 5.74) is 0.664. The van der Waals surface area contributed by atoms with Crippen LogP contribution in [0, 0.1) is 12.8 Å². The van der Waals surface area contributed by atoms with Crippen LogP contribution in [0.1, 0.15) is 36.2 Å². The molecule has 3 N–H and O–H groups in total. The van der Waals surface area contributed by atoms with E-state index in [9.17, 15) is 14.7 Å². The minimum atomic E-state index is -1.07. The van der Waals surface area contributed by atoms with Crippen molar-refractivity contribution in [3.63, 3.8) is 0 Å². The fourth-order valence-electron chi connectivity index (χ4n) is 1.74. The van der Waals surface area contributed by atoms with Crippen molar-refractivity contribution in [2.75, 3.05) is 0 Å². The lowest BCUT2D eigenvalue weighted by atomic mass is 9.98. The van der Waals surface area contributed by atoms with Crippen LogP contribution in [0.2, 0.25) is 0 Å². The first-order chi connectivity index (χ1) is 8.88. The van der Waals surface area contributed by atoms with E-state index >= 15 is 0 Å². The van der Waals surface area contributed by atoms with Crippen molar-refractivity contribution >= 4 is 11.9 Å². The van der Waals surface area contributed by atoms with Crippen molar-refractivity contribution in [1.29, 1.82) is 0 Å². The molecule has 0 aliphatic carbocycles. The minimum Gasteiger partial charge on any atom is -0.507 e. The van der Waals surface area contributed by atoms with Crippen molar-refractivity contribution in [2.45, 2.75) is 33.2 Å². The number of rotatable bonds is 5. The van der Waals surface area contributed by atoms with Gasteiger partial charge in [-0.2, -0.15) is 0 Å². The van der Waals surface area contributed by atoms with Gasteiger partial charge in [-0.15, -0.1) is 0 Å². The van der Waals surface area contributed by atoms with Crippen molar-refractivity contribution in [3.8, 4) is 5.75 Å². The number of amides is 1. The molecule has 5 heteroatoms. The monoisotopic (exact) mass is 265 g/mol. The van der Waals surface area contributed by atoms with Crippen molar-refractivity contribution in [3.05, 3.63) is 29.3 Å². The van der Waals surface area contributed by atoms with E-state index in [-0.39, 0.29) is 17.2 Å². The average Bonchev–Trinajstić information content (AvgIpc) is 2.37. The Labute approximate surface area is 112 Å². The third-order valence-electron chi connectivity index (χ3n) is 3.25. The van der Waals surface area contributed by atoms with E-state index in [2.05, 4.69) is 5.32 Å². The van der Waals surface area contributed by atoms with Gasteiger partial charge in [-0.25, -0.2) is 4.79 Å². The summed E-state index contributed by atoms with van der Waals surface area (Å²) in [7, 11) is 0. The van der Waals surface area contributed by atoms with Gasteiger partial charge in [-0.1, -0.05) is 32.4 Å². The summed E-state index contributed by atoms with van der Waals surface area (Å²) in [4.78, 5) is 23.2. The Morgan fingerprint density at radius 1 is 1.37 bits per heavy atom. The zero-order chi connectivity index (χ0) is 14.6. The number of carboxylic acid groups (broad SMARTS) is 1. The maximum atomic E-state index is 12.0. The number of carbonyl (C=O) groups excluding carboxylic acids is 1. The first-order valence-corrected chi connectivity index (χ1v) is 6.20. The third kappa shape index (κ3) is 3.47. The summed E-state index contributed by atoms with van der Waals surface area (Å²) < 4.78 is 0. The zero-order valence-corrected chi connectivity index (χ0v) is 11.3. The van der Waals surface area contributed by atoms with E-state index in [0.717, 1.165) is 0 Å². The van der Waals surface area contributed by atoms with Gasteiger partial charge in [0.25, 0.3) is 5.91 Å². The van der Waals surface area contributed by atoms with E-state index in [1.54, 1.807) is 26.0 Å². The molecule has 1 aromatic carbocycles. The summed E-state index contributed by atoms with van der Waals surface area (Å²) in [6, 6.07) is 3.82. The highest BCUT2D eigenvalue weighted by atomic mass is 16.4. The quantitative estimate of drug-likeness (QED) is 0.759. The Morgan fingerprint density at radius 3 is 2.53 bits per heavy atom. The van der Waals surface area contributed by atoms with Gasteiger partial charge in [0, 0.05) is 0 Å². The first-order valence-electron chi connectivity index (χ1n) is 6.20. The number of nitrogens with one attached hydrogen (secondary N) is 1. The molecule has 0 heterocycles. The molecule has 0 aliphatic heterocycles. The van der Waals surface area contributed by atoms with E-state index in [1.165, 1.54) is 6.07 Å². The molecule has 0 bridgehead atoms. The van der Waals surface area contributed by atoms with Crippen LogP contribution in [-0.2, 0) is 4.79 Å². The average molecular weight is 265 g/mol. The fourth-order valence-corrected chi connectivity index (χ4v) is 1.74. The standard InChI is InChI=1S/C14H19NO4/c1-4-8(2)11(14(18)19)15-13(17)10-7-5-6-9(3)12(10)16/h5-8,11,16H,4H2,1-3H3,(H,15,17)(H,18,19)/t8?,11-/m0/s1. The molecule has 0 spiro atoms. The van der Waals surface area contributed by atoms with Crippen molar-refractivity contribution in [1.82, 2.24) is 5.32 Å². The van der Waals surface area contributed by atoms with Crippen LogP contribution in [-0.4, -0.2) is 28.1 Å². The lowest BCUT2D eigenvalue weighted by Crippen LogP contribution is -2.45. The van der Waals surface area contributed by atoms with Crippen LogP contribution in [0.25, 0.3) is 0 Å². The van der Waals surface area contributed by atoms with E-state index in [0.29, 0.717) is 12.0 Å². The molecule has 0 saturated heterocycles. The predicted octanol–water partition coefficient (Wildman–Crippen LogP) is 1.93. The largest absolute Gasteiger partial charge is 0.507 e. The highest BCUT2D eigenvalue weighted by Crippen LogP contribution is 2.21. The predicted molar refractivity (Wildman–Crippen MR) is 71.2 cm³/mol. The van der Waals surface area contributed by atoms with E-state index in [4.69, 9.17) is 5.11 Å². The molecular formula is C14H19NO4. The Hall–Kier alpha value is -2.04. The Morgan fingerprint density at radius 2 is 2.00 bits per heavy atom. The molecule has 0 saturated carbocycles. The summed E-state index contributed by atoms with van der Waals surface area (Å²) in [5.74, 6) is -1.95. The Kier molecular flexibility index (Phi) is 4.92. The van der Waals surface area contributed by atoms with Crippen molar-refractivity contribution in [2.24, 2.45) is 5.92 Å². The number of aliphatic carboxylic acids is 1. The molecule has 1 unspecified atom stereocenters. The second kappa shape index (κ2) is 6.22. The smallest absolute Gasteiger partial charge is 0.326 e. The molecule has 0 aliphatic rings. The number of phenolic OH excluding ortho intramolecular Hbond substituents is 1. The van der Waals surface area contributed by atoms with Gasteiger partial charge in [0.1, 0.15) is 11.8 Å². The number of hydrogen-bond acceptors (Lipinski definition) is 3. The highest BCUT2D eigenvalue weighted by molar-refractivity contribution is 5.99. The number of aryl methyl sites for hydroxylation is 1. The number of benzene rings is 1. The van der Waals surface area contributed by atoms with Gasteiger partial charge in [0.2, 0.25) is 0 Å². The van der Waals surface area contributed by atoms with Crippen LogP contribution < -0.4 is 5.32 Å². The fraction of sp³-hybridized carbons (Fsp3) is 0.429. The summed E-state index contributed by atoms with van der Waals surface area (Å²) in [6.07, 6.45) is 0.636. The number of hydrogen-bond donors (Lipinski definition) is 3. The van der Waals surface area contributed by atoms with Gasteiger partial charge in [-0.3, -0.25) is 4.79 Å². The summed E-state index contributed by atoms with van der Waals surface area (Å²) >= 11 is 0. The maximum Gasteiger partial charge on any atom is 0.326 e. The highest BCUT2D eigenvalue weighted by Gasteiger charge is 2.26. The molecular weight excluding hydrogens is 246 g/mol. The normalized spacial score (nSPS) is 13.6. The van der Waals surface area contributed by atoms with Crippen LogP contribution >= 0.6 is 0 Å². The lowest BCUT2D eigenvalue weighted by Gasteiger charge is -2.20. The van der Waals surface area contributed by atoms with Gasteiger partial charge in [-0.05, 0) is 24.5 Å². The minimum absolute atomic E-state index is 0.0922. The van der Waals surface area contributed by atoms with Gasteiger partial charge >= 0.3 is 5.97 Å². The second-order valence-corrected chi connectivity index (χ2v) is 4.65. The molecule has 1 aromatic rings. The van der Waals surface area contributed by atoms with Gasteiger partial charge in [0.05, 0.1) is 5.56 Å². The molecule has 0 aromatic heterocycles. The molecule has 1 amide bonds. The summed E-state index contributed by atoms with van der Waals surface area (Å²) in [6.45, 7) is 5.29. The van der Waals surface area contributed by atoms with Crippen LogP contribution in [0.5, 0.6) is 5.75 Å². The van der Waals surface area contributed by atoms with Crippen LogP contribution in [0.3, 0.4) is 0 Å². The van der Waals surface area contributed by atoms with Gasteiger partial charge < -0.3 is 15.5 Å². The molecule has 104 valence electrons. The number of phenols is 1. The zero-order valence-electron chi connectivity index (χ0n) is 11.3. The van der Waals surface area contributed by atoms with E-state index < -0.39 is 17.9 Å². The molecule has 1 rings (SSSR count). The number of aromatic hydroxyl groups is 1. The Balaban J connectivity index is 2.94. The van der Waals surface area contributed by atoms with E-state index in [1.807, 2.05) is 6.92 Å². The van der Waals surface area contributed by atoms with Crippen molar-refractivity contribution < 1.29 is 19.8 Å². The molecule has 2 atom stereocenters. The summed E-state index contributed by atoms with van der Waals surface area (Å²) in [5, 5.41) is 21.4. The second-order valence-electron chi connectivity index (χ2n) is 4.65. The van der Waals surface area contributed by atoms with Crippen LogP contribution in [0.4, 0.5) is 0 Å². The van der Waals surface area contributed by atoms with Crippen LogP contribution in [0.15, 0.2) is 18.2 Å². The molecule has 0 radical (unpaired) electrons. The number of para-hydroxylation sites is 1. The topological polar surface area (TPSA) is 86.6 Å². The third-order valence-corrected chi connectivity index (χ3v) is 3.25. The number of carbonyl (C=O) groups is 2. The first kappa shape index (κ1) is 15.0. The maximum absolute atomic E-state index is 12.0. The number of carboxylic acids is 1. The lowest BCUT2D eigenvalue weighted by molar-refractivity contribution is -0.140. The molecule has 19 heavy (non-hydrogen) atoms.